The molecule has 2 atom stereocenters. The number of rotatable bonds is 5. The number of nitrogens with two attached hydrogens (primary N) is 1. The number of hydrogen-bond acceptors (Lipinski definition) is 4. The molecule has 3 amide bonds. The number of nitrogens with zero attached hydrogens (tertiary/aromatic N) is 1. The fraction of sp³-hybridized carbons (Fsp3) is 0.769. The minimum atomic E-state index is -3.19. The Kier molecular flexibility index (Phi) is 6.25. The Morgan fingerprint density at radius 3 is 2.18 bits per heavy atom. The summed E-state index contributed by atoms with van der Waals surface area (Å²) in [7, 11) is 0. The summed E-state index contributed by atoms with van der Waals surface area (Å²) in [5, 5.41) is 2.01. The molecule has 2 unspecified atom stereocenters. The smallest absolute Gasteiger partial charge is 0.277 e. The fourth-order valence-electron chi connectivity index (χ4n) is 2.89. The maximum Gasteiger partial charge on any atom is 0.277 e. The van der Waals surface area contributed by atoms with Crippen LogP contribution in [0.3, 0.4) is 0 Å². The molecule has 1 aliphatic carbocycles. The van der Waals surface area contributed by atoms with Crippen molar-refractivity contribution in [3.05, 3.63) is 0 Å². The van der Waals surface area contributed by atoms with E-state index in [-0.39, 0.29) is 36.1 Å². The van der Waals surface area contributed by atoms with Gasteiger partial charge >= 0.3 is 0 Å². The second kappa shape index (κ2) is 7.32. The topological polar surface area (TPSA) is 92.5 Å². The number of alkyl halides is 2. The minimum Gasteiger partial charge on any atom is -0.348 e. The van der Waals surface area contributed by atoms with Gasteiger partial charge in [0.15, 0.2) is 0 Å². The molecule has 1 saturated carbocycles. The minimum absolute atomic E-state index is 0. The van der Waals surface area contributed by atoms with Gasteiger partial charge < -0.3 is 11.1 Å². The van der Waals surface area contributed by atoms with Crippen LogP contribution < -0.4 is 11.1 Å². The van der Waals surface area contributed by atoms with Crippen molar-refractivity contribution in [2.75, 3.05) is 19.6 Å². The molecule has 2 aliphatic rings. The van der Waals surface area contributed by atoms with E-state index in [1.165, 1.54) is 0 Å². The predicted octanol–water partition coefficient (Wildman–Crippen LogP) is 0.294. The van der Waals surface area contributed by atoms with Gasteiger partial charge in [0.1, 0.15) is 6.54 Å². The quantitative estimate of drug-likeness (QED) is 0.704. The van der Waals surface area contributed by atoms with E-state index in [0.717, 1.165) is 17.7 Å². The van der Waals surface area contributed by atoms with E-state index in [0.29, 0.717) is 12.8 Å². The lowest BCUT2D eigenvalue weighted by atomic mass is 9.81. The summed E-state index contributed by atoms with van der Waals surface area (Å²) in [6.07, 6.45) is 3.09. The average molecular weight is 340 g/mol. The normalized spacial score (nSPS) is 24.8. The van der Waals surface area contributed by atoms with Crippen LogP contribution in [0.5, 0.6) is 0 Å². The van der Waals surface area contributed by atoms with Crippen molar-refractivity contribution in [1.29, 1.82) is 0 Å². The molecule has 3 N–H and O–H groups in total. The third kappa shape index (κ3) is 3.92. The van der Waals surface area contributed by atoms with E-state index in [1.54, 1.807) is 0 Å². The summed E-state index contributed by atoms with van der Waals surface area (Å²) in [5.41, 5.74) is 4.86. The van der Waals surface area contributed by atoms with Crippen LogP contribution in [0.1, 0.15) is 25.7 Å². The molecule has 0 aromatic heterocycles. The van der Waals surface area contributed by atoms with Gasteiger partial charge in [-0.05, 0) is 12.8 Å². The Balaban J connectivity index is 0.00000242. The van der Waals surface area contributed by atoms with Crippen molar-refractivity contribution in [2.24, 2.45) is 17.6 Å². The van der Waals surface area contributed by atoms with Crippen LogP contribution in [0, 0.1) is 11.8 Å². The first-order chi connectivity index (χ1) is 9.85. The number of carbonyl (C=O) groups excluding carboxylic acids is 3. The Morgan fingerprint density at radius 2 is 1.73 bits per heavy atom. The number of carbonyl (C=O) groups is 3. The lowest BCUT2D eigenvalue weighted by molar-refractivity contribution is -0.143. The molecule has 0 bridgehead atoms. The number of nitrogens with one attached hydrogen (secondary N) is 1. The number of likely N-dealkylation sites (tertiary alicyclic amines) is 1. The number of amides is 3. The molecule has 0 radical (unpaired) electrons. The highest BCUT2D eigenvalue weighted by Gasteiger charge is 2.48. The van der Waals surface area contributed by atoms with Gasteiger partial charge in [-0.2, -0.15) is 0 Å². The van der Waals surface area contributed by atoms with E-state index >= 15 is 0 Å². The molecule has 0 spiro atoms. The van der Waals surface area contributed by atoms with Gasteiger partial charge in [-0.3, -0.25) is 19.3 Å². The first-order valence-corrected chi connectivity index (χ1v) is 7.05. The largest absolute Gasteiger partial charge is 0.348 e. The average Bonchev–Trinajstić information content (AvgIpc) is 2.71. The van der Waals surface area contributed by atoms with Crippen LogP contribution in [0.15, 0.2) is 0 Å². The molecule has 2 fully saturated rings. The number of fused-ring (bicyclic) bond motifs is 1. The summed E-state index contributed by atoms with van der Waals surface area (Å²) in [6.45, 7) is -2.27. The summed E-state index contributed by atoms with van der Waals surface area (Å²) in [6, 6.07) is 0. The lowest BCUT2D eigenvalue weighted by Gasteiger charge is -2.19. The maximum atomic E-state index is 12.9. The first kappa shape index (κ1) is 18.8. The van der Waals surface area contributed by atoms with Gasteiger partial charge in [0, 0.05) is 0 Å². The monoisotopic (exact) mass is 339 g/mol. The molecular formula is C13H20ClF2N3O3. The first-order valence-electron chi connectivity index (χ1n) is 7.05. The van der Waals surface area contributed by atoms with Crippen LogP contribution in [0.2, 0.25) is 0 Å². The Hall–Kier alpha value is -1.28. The molecule has 126 valence electrons. The van der Waals surface area contributed by atoms with Gasteiger partial charge in [-0.25, -0.2) is 8.78 Å². The highest BCUT2D eigenvalue weighted by atomic mass is 35.5. The molecule has 6 nitrogen and oxygen atoms in total. The van der Waals surface area contributed by atoms with Crippen LogP contribution in [-0.4, -0.2) is 48.2 Å². The van der Waals surface area contributed by atoms with Gasteiger partial charge in [0.05, 0.1) is 24.9 Å². The summed E-state index contributed by atoms with van der Waals surface area (Å²) < 4.78 is 25.9. The van der Waals surface area contributed by atoms with Crippen LogP contribution in [0.4, 0.5) is 8.78 Å². The molecule has 1 aliphatic heterocycles. The molecular weight excluding hydrogens is 320 g/mol. The zero-order valence-electron chi connectivity index (χ0n) is 12.0. The van der Waals surface area contributed by atoms with Crippen molar-refractivity contribution in [3.8, 4) is 0 Å². The van der Waals surface area contributed by atoms with Crippen LogP contribution >= 0.6 is 12.4 Å². The second-order valence-electron chi connectivity index (χ2n) is 5.60. The Labute approximate surface area is 133 Å². The van der Waals surface area contributed by atoms with Gasteiger partial charge in [0.2, 0.25) is 17.7 Å². The standard InChI is InChI=1S/C13H19F2N3O3.ClH/c14-13(15,6-16)7-17-10(19)5-18-11(20)8-3-1-2-4-9(8)12(18)21;/h8-9H,1-7,16H2,(H,17,19);1H. The van der Waals surface area contributed by atoms with Gasteiger partial charge in [-0.1, -0.05) is 12.8 Å². The third-order valence-corrected chi connectivity index (χ3v) is 4.08. The second-order valence-corrected chi connectivity index (χ2v) is 5.60. The van der Waals surface area contributed by atoms with Crippen LogP contribution in [0.25, 0.3) is 0 Å². The Bertz CT molecular complexity index is 438. The molecule has 9 heteroatoms. The molecule has 0 aromatic carbocycles. The van der Waals surface area contributed by atoms with Crippen molar-refractivity contribution < 1.29 is 23.2 Å². The third-order valence-electron chi connectivity index (χ3n) is 4.08. The number of halogens is 3. The molecule has 22 heavy (non-hydrogen) atoms. The van der Waals surface area contributed by atoms with E-state index in [9.17, 15) is 23.2 Å². The molecule has 1 heterocycles. The van der Waals surface area contributed by atoms with E-state index in [1.807, 2.05) is 5.32 Å². The van der Waals surface area contributed by atoms with Gasteiger partial charge in [-0.15, -0.1) is 12.4 Å². The summed E-state index contributed by atoms with van der Waals surface area (Å²) in [4.78, 5) is 36.7. The summed E-state index contributed by atoms with van der Waals surface area (Å²) >= 11 is 0. The Morgan fingerprint density at radius 1 is 1.23 bits per heavy atom. The molecule has 0 aromatic rings. The highest BCUT2D eigenvalue weighted by molar-refractivity contribution is 6.07. The zero-order chi connectivity index (χ0) is 15.6. The molecule has 2 rings (SSSR count). The van der Waals surface area contributed by atoms with Crippen molar-refractivity contribution in [1.82, 2.24) is 10.2 Å². The highest BCUT2D eigenvalue weighted by Crippen LogP contribution is 2.37. The number of imide groups is 1. The maximum absolute atomic E-state index is 12.9. The SMILES string of the molecule is Cl.NCC(F)(F)CNC(=O)CN1C(=O)C2CCCCC2C1=O. The fourth-order valence-corrected chi connectivity index (χ4v) is 2.89. The van der Waals surface area contributed by atoms with Crippen molar-refractivity contribution in [2.45, 2.75) is 31.6 Å². The predicted molar refractivity (Wildman–Crippen MR) is 76.4 cm³/mol. The zero-order valence-corrected chi connectivity index (χ0v) is 12.8. The molecule has 1 saturated heterocycles. The summed E-state index contributed by atoms with van der Waals surface area (Å²) in [5.74, 6) is -5.36. The number of hydrogen-bond donors (Lipinski definition) is 2. The van der Waals surface area contributed by atoms with Crippen molar-refractivity contribution >= 4 is 30.1 Å². The van der Waals surface area contributed by atoms with Crippen LogP contribution in [-0.2, 0) is 14.4 Å². The van der Waals surface area contributed by atoms with E-state index in [4.69, 9.17) is 5.73 Å². The lowest BCUT2D eigenvalue weighted by Crippen LogP contribution is -2.46. The van der Waals surface area contributed by atoms with E-state index in [2.05, 4.69) is 0 Å². The van der Waals surface area contributed by atoms with E-state index < -0.39 is 31.5 Å². The van der Waals surface area contributed by atoms with Gasteiger partial charge in [0.25, 0.3) is 5.92 Å². The van der Waals surface area contributed by atoms with Crippen molar-refractivity contribution in [3.63, 3.8) is 0 Å².